The lowest BCUT2D eigenvalue weighted by Gasteiger charge is -2.10. The van der Waals surface area contributed by atoms with Gasteiger partial charge in [0.15, 0.2) is 0 Å². The smallest absolute Gasteiger partial charge is 0.291 e. The van der Waals surface area contributed by atoms with Gasteiger partial charge in [0.25, 0.3) is 5.91 Å². The van der Waals surface area contributed by atoms with E-state index in [1.807, 2.05) is 24.6 Å². The molecule has 0 saturated carbocycles. The van der Waals surface area contributed by atoms with Crippen molar-refractivity contribution >= 4 is 28.9 Å². The molecule has 6 heteroatoms. The number of carbonyl (C=O) groups excluding carboxylic acids is 1. The van der Waals surface area contributed by atoms with Crippen LogP contribution in [0, 0.1) is 12.1 Å². The van der Waals surface area contributed by atoms with Gasteiger partial charge in [-0.1, -0.05) is 23.7 Å². The van der Waals surface area contributed by atoms with Crippen molar-refractivity contribution in [1.29, 1.82) is 0 Å². The van der Waals surface area contributed by atoms with E-state index in [4.69, 9.17) is 11.6 Å². The summed E-state index contributed by atoms with van der Waals surface area (Å²) in [5, 5.41) is 15.7. The van der Waals surface area contributed by atoms with Crippen LogP contribution in [0.1, 0.15) is 16.8 Å². The first-order valence-corrected chi connectivity index (χ1v) is 6.89. The van der Waals surface area contributed by atoms with Crippen LogP contribution in [0.25, 0.3) is 0 Å². The van der Waals surface area contributed by atoms with Crippen molar-refractivity contribution in [2.24, 2.45) is 7.05 Å². The van der Waals surface area contributed by atoms with Crippen LogP contribution >= 0.6 is 11.6 Å². The van der Waals surface area contributed by atoms with E-state index in [0.29, 0.717) is 32.3 Å². The summed E-state index contributed by atoms with van der Waals surface area (Å²) in [5.41, 5.74) is 3.29. The molecular formula is C15H14ClN3O2. The van der Waals surface area contributed by atoms with Crippen molar-refractivity contribution < 1.29 is 9.53 Å². The fourth-order valence-corrected chi connectivity index (χ4v) is 2.79. The second-order valence-corrected chi connectivity index (χ2v) is 5.43. The van der Waals surface area contributed by atoms with Crippen LogP contribution in [0.3, 0.4) is 0 Å². The van der Waals surface area contributed by atoms with E-state index in [9.17, 15) is 10.0 Å². The molecule has 0 spiro atoms. The minimum atomic E-state index is -0.334. The van der Waals surface area contributed by atoms with Gasteiger partial charge in [-0.3, -0.25) is 4.79 Å². The highest BCUT2D eigenvalue weighted by atomic mass is 35.5. The third kappa shape index (κ3) is 2.19. The zero-order valence-electron chi connectivity index (χ0n) is 11.7. The quantitative estimate of drug-likeness (QED) is 0.649. The monoisotopic (exact) mass is 303 g/mol. The predicted octanol–water partition coefficient (Wildman–Crippen LogP) is 2.29. The lowest BCUT2D eigenvalue weighted by molar-refractivity contribution is -0.443. The number of hydrogen-bond acceptors (Lipinski definition) is 2. The Kier molecular flexibility index (Phi) is 3.22. The van der Waals surface area contributed by atoms with Gasteiger partial charge in [-0.05, 0) is 19.1 Å². The van der Waals surface area contributed by atoms with Crippen LogP contribution < -0.4 is 5.32 Å². The van der Waals surface area contributed by atoms with Gasteiger partial charge in [0, 0.05) is 18.9 Å². The number of nitrogens with one attached hydrogen (secondary N) is 1. The Morgan fingerprint density at radius 1 is 1.38 bits per heavy atom. The number of carbonyl (C=O) groups is 1. The highest BCUT2D eigenvalue weighted by Crippen LogP contribution is 2.29. The minimum absolute atomic E-state index is 0.252. The first-order valence-electron chi connectivity index (χ1n) is 6.51. The third-order valence-corrected chi connectivity index (χ3v) is 3.99. The number of hydrogen-bond donors (Lipinski definition) is 1. The van der Waals surface area contributed by atoms with Crippen molar-refractivity contribution in [3.63, 3.8) is 0 Å². The van der Waals surface area contributed by atoms with E-state index in [-0.39, 0.29) is 12.5 Å². The molecule has 1 N–H and O–H groups in total. The predicted molar refractivity (Wildman–Crippen MR) is 81.9 cm³/mol. The maximum Gasteiger partial charge on any atom is 0.291 e. The molecular weight excluding hydrogens is 290 g/mol. The van der Waals surface area contributed by atoms with Gasteiger partial charge in [-0.2, -0.15) is 4.74 Å². The summed E-state index contributed by atoms with van der Waals surface area (Å²) in [4.78, 5) is 11.8. The van der Waals surface area contributed by atoms with E-state index < -0.39 is 0 Å². The molecule has 2 heterocycles. The van der Waals surface area contributed by atoms with Gasteiger partial charge in [0.1, 0.15) is 0 Å². The number of halogens is 1. The molecule has 1 amide bonds. The van der Waals surface area contributed by atoms with Gasteiger partial charge in [-0.25, -0.2) is 0 Å². The van der Waals surface area contributed by atoms with Crippen molar-refractivity contribution in [3.8, 4) is 0 Å². The molecule has 1 aliphatic heterocycles. The van der Waals surface area contributed by atoms with Crippen LogP contribution in [0.4, 0.5) is 5.69 Å². The lowest BCUT2D eigenvalue weighted by atomic mass is 10.0. The number of amides is 1. The molecule has 0 fully saturated rings. The summed E-state index contributed by atoms with van der Waals surface area (Å²) >= 11 is 6.24. The summed E-state index contributed by atoms with van der Waals surface area (Å²) in [6.45, 7) is 1.65. The Balaban J connectivity index is 2.34. The van der Waals surface area contributed by atoms with Crippen LogP contribution in [-0.2, 0) is 11.8 Å². The number of fused-ring (bicyclic) bond motifs is 1. The molecule has 0 radical (unpaired) electrons. The van der Waals surface area contributed by atoms with E-state index in [1.165, 1.54) is 0 Å². The molecule has 2 aromatic rings. The van der Waals surface area contributed by atoms with E-state index in [1.54, 1.807) is 24.4 Å². The molecule has 1 aromatic carbocycles. The van der Waals surface area contributed by atoms with Crippen molar-refractivity contribution in [2.75, 3.05) is 11.9 Å². The Bertz CT molecular complexity index is 777. The van der Waals surface area contributed by atoms with E-state index >= 15 is 0 Å². The van der Waals surface area contributed by atoms with E-state index in [2.05, 4.69) is 5.32 Å². The average Bonchev–Trinajstić information content (AvgIpc) is 2.62. The SMILES string of the molecule is Cc1c2c(cn1C)NC(=O)C[N+]([O-])=C2c1ccccc1Cl. The average molecular weight is 304 g/mol. The second-order valence-electron chi connectivity index (χ2n) is 5.03. The van der Waals surface area contributed by atoms with Crippen LogP contribution in [0.15, 0.2) is 30.5 Å². The molecule has 3 rings (SSSR count). The number of rotatable bonds is 1. The molecule has 1 aromatic heterocycles. The second kappa shape index (κ2) is 4.93. The number of anilines is 1. The Labute approximate surface area is 127 Å². The fraction of sp³-hybridized carbons (Fsp3) is 0.200. The molecule has 1 aliphatic rings. The first-order chi connectivity index (χ1) is 9.99. The van der Waals surface area contributed by atoms with Crippen molar-refractivity contribution in [1.82, 2.24) is 4.57 Å². The summed E-state index contributed by atoms with van der Waals surface area (Å²) in [7, 11) is 1.87. The van der Waals surface area contributed by atoms with Crippen LogP contribution in [0.5, 0.6) is 0 Å². The lowest BCUT2D eigenvalue weighted by Crippen LogP contribution is -2.24. The molecule has 0 bridgehead atoms. The van der Waals surface area contributed by atoms with Gasteiger partial charge in [-0.15, -0.1) is 0 Å². The summed E-state index contributed by atoms with van der Waals surface area (Å²) in [5.74, 6) is -0.334. The molecule has 0 aliphatic carbocycles. The Hall–Kier alpha value is -2.27. The Morgan fingerprint density at radius 2 is 2.10 bits per heavy atom. The molecule has 0 atom stereocenters. The molecule has 0 unspecified atom stereocenters. The Morgan fingerprint density at radius 3 is 2.81 bits per heavy atom. The topological polar surface area (TPSA) is 60.1 Å². The first kappa shape index (κ1) is 13.7. The van der Waals surface area contributed by atoms with Gasteiger partial charge >= 0.3 is 0 Å². The van der Waals surface area contributed by atoms with Crippen LogP contribution in [-0.4, -0.2) is 27.5 Å². The van der Waals surface area contributed by atoms with Gasteiger partial charge in [0.2, 0.25) is 12.3 Å². The molecule has 0 saturated heterocycles. The highest BCUT2D eigenvalue weighted by Gasteiger charge is 2.30. The summed E-state index contributed by atoms with van der Waals surface area (Å²) in [6.07, 6.45) is 1.80. The number of hydroxylamine groups is 1. The fourth-order valence-electron chi connectivity index (χ4n) is 2.57. The summed E-state index contributed by atoms with van der Waals surface area (Å²) < 4.78 is 2.58. The van der Waals surface area contributed by atoms with Gasteiger partial charge in [0.05, 0.1) is 21.8 Å². The zero-order valence-corrected chi connectivity index (χ0v) is 12.4. The highest BCUT2D eigenvalue weighted by molar-refractivity contribution is 6.35. The van der Waals surface area contributed by atoms with E-state index in [0.717, 1.165) is 5.69 Å². The number of aromatic nitrogens is 1. The zero-order chi connectivity index (χ0) is 15.1. The third-order valence-electron chi connectivity index (χ3n) is 3.66. The minimum Gasteiger partial charge on any atom is -0.623 e. The van der Waals surface area contributed by atoms with Gasteiger partial charge < -0.3 is 15.1 Å². The normalized spacial score (nSPS) is 14.7. The van der Waals surface area contributed by atoms with Crippen molar-refractivity contribution in [2.45, 2.75) is 6.92 Å². The molecule has 5 nitrogen and oxygen atoms in total. The molecule has 108 valence electrons. The largest absolute Gasteiger partial charge is 0.623 e. The van der Waals surface area contributed by atoms with Crippen LogP contribution in [0.2, 0.25) is 5.02 Å². The number of aryl methyl sites for hydroxylation is 1. The number of benzene rings is 1. The van der Waals surface area contributed by atoms with Crippen molar-refractivity contribution in [3.05, 3.63) is 57.5 Å². The maximum absolute atomic E-state index is 12.5. The number of nitrogens with zero attached hydrogens (tertiary/aromatic N) is 2. The maximum atomic E-state index is 12.5. The standard InChI is InChI=1S/C15H14ClN3O2/c1-9-14-12(7-18(9)2)17-13(20)8-19(21)15(14)10-5-3-4-6-11(10)16/h3-7H,8H2,1-2H3,(H,17,20). The molecule has 21 heavy (non-hydrogen) atoms. The summed E-state index contributed by atoms with van der Waals surface area (Å²) in [6, 6.07) is 7.14.